The molecule has 4 rings (SSSR count). The fraction of sp³-hybridized carbons (Fsp3) is 0.150. The van der Waals surface area contributed by atoms with Crippen LogP contribution >= 0.6 is 11.6 Å². The van der Waals surface area contributed by atoms with E-state index in [4.69, 9.17) is 21.1 Å². The highest BCUT2D eigenvalue weighted by atomic mass is 35.5. The number of carbonyl (C=O) groups excluding carboxylic acids is 3. The van der Waals surface area contributed by atoms with Crippen molar-refractivity contribution in [3.05, 3.63) is 64.8 Å². The van der Waals surface area contributed by atoms with E-state index in [0.29, 0.717) is 22.1 Å². The minimum atomic E-state index is -1.04. The van der Waals surface area contributed by atoms with E-state index in [1.165, 1.54) is 19.2 Å². The first kappa shape index (κ1) is 18.8. The van der Waals surface area contributed by atoms with Crippen LogP contribution in [-0.2, 0) is 19.1 Å². The summed E-state index contributed by atoms with van der Waals surface area (Å²) in [5.41, 5.74) is 3.63. The van der Waals surface area contributed by atoms with E-state index in [0.717, 1.165) is 4.90 Å². The summed E-state index contributed by atoms with van der Waals surface area (Å²) in [7, 11) is 2.65. The number of rotatable bonds is 4. The summed E-state index contributed by atoms with van der Waals surface area (Å²) < 4.78 is 10.1. The maximum atomic E-state index is 13.3. The molecule has 29 heavy (non-hydrogen) atoms. The molecule has 0 spiro atoms. The molecule has 0 aromatic heterocycles. The zero-order valence-electron chi connectivity index (χ0n) is 15.5. The molecule has 0 aliphatic carbocycles. The molecule has 1 saturated heterocycles. The Morgan fingerprint density at radius 2 is 1.76 bits per heavy atom. The molecule has 1 fully saturated rings. The number of ether oxygens (including phenoxy) is 2. The fourth-order valence-corrected chi connectivity index (χ4v) is 3.55. The van der Waals surface area contributed by atoms with Crippen LogP contribution in [0.1, 0.15) is 0 Å². The van der Waals surface area contributed by atoms with Gasteiger partial charge in [-0.15, -0.1) is 0 Å². The number of fused-ring (bicyclic) bond motifs is 1. The molecule has 0 bridgehead atoms. The number of hydrazine groups is 1. The number of imide groups is 1. The highest BCUT2D eigenvalue weighted by Gasteiger charge is 2.54. The van der Waals surface area contributed by atoms with Gasteiger partial charge in [-0.25, -0.2) is 9.69 Å². The number of anilines is 2. The maximum absolute atomic E-state index is 13.3. The molecule has 0 unspecified atom stereocenters. The van der Waals surface area contributed by atoms with Gasteiger partial charge in [0.1, 0.15) is 5.75 Å². The van der Waals surface area contributed by atoms with Crippen LogP contribution in [0.15, 0.2) is 59.8 Å². The number of para-hydroxylation sites is 2. The zero-order valence-corrected chi connectivity index (χ0v) is 16.3. The number of amides is 2. The fourth-order valence-electron chi connectivity index (χ4n) is 3.43. The molecule has 0 radical (unpaired) electrons. The largest absolute Gasteiger partial charge is 0.495 e. The second-order valence-corrected chi connectivity index (χ2v) is 6.73. The summed E-state index contributed by atoms with van der Waals surface area (Å²) in [5.74, 6) is -1.52. The standard InChI is InChI=1S/C20H16ClN3O5/c1-28-14-6-4-3-5-13(14)23-18(25)15-16(20(27)29-2)22-24(17(15)19(23)26)12-9-7-11(21)8-10-12/h3-10,17,22H,1-2H3/t17-/m1/s1. The molecule has 2 aromatic rings. The minimum Gasteiger partial charge on any atom is -0.495 e. The third-order valence-corrected chi connectivity index (χ3v) is 4.99. The number of nitrogens with zero attached hydrogens (tertiary/aromatic N) is 2. The van der Waals surface area contributed by atoms with Crippen molar-refractivity contribution in [1.82, 2.24) is 5.43 Å². The maximum Gasteiger partial charge on any atom is 0.356 e. The Morgan fingerprint density at radius 1 is 1.07 bits per heavy atom. The molecule has 2 heterocycles. The lowest BCUT2D eigenvalue weighted by Crippen LogP contribution is -2.46. The normalized spacial score (nSPS) is 18.1. The monoisotopic (exact) mass is 413 g/mol. The van der Waals surface area contributed by atoms with Crippen molar-refractivity contribution >= 4 is 40.8 Å². The van der Waals surface area contributed by atoms with Crippen LogP contribution in [0.25, 0.3) is 0 Å². The Labute approximate surface area is 171 Å². The van der Waals surface area contributed by atoms with Crippen LogP contribution in [0.5, 0.6) is 5.75 Å². The van der Waals surface area contributed by atoms with Gasteiger partial charge in [-0.2, -0.15) is 0 Å². The molecule has 1 atom stereocenters. The Bertz CT molecular complexity index is 1050. The number of halogens is 1. The first-order chi connectivity index (χ1) is 14.0. The van der Waals surface area contributed by atoms with E-state index in [2.05, 4.69) is 5.43 Å². The van der Waals surface area contributed by atoms with Crippen LogP contribution in [0.4, 0.5) is 11.4 Å². The Morgan fingerprint density at radius 3 is 2.41 bits per heavy atom. The van der Waals surface area contributed by atoms with Crippen LogP contribution < -0.4 is 20.1 Å². The number of benzene rings is 2. The molecule has 9 heteroatoms. The molecule has 2 aliphatic heterocycles. The second-order valence-electron chi connectivity index (χ2n) is 6.29. The number of carbonyl (C=O) groups is 3. The quantitative estimate of drug-likeness (QED) is 0.606. The number of nitrogens with one attached hydrogen (secondary N) is 1. The molecule has 1 N–H and O–H groups in total. The average Bonchev–Trinajstić information content (AvgIpc) is 3.25. The predicted molar refractivity (Wildman–Crippen MR) is 105 cm³/mol. The van der Waals surface area contributed by atoms with Gasteiger partial charge >= 0.3 is 5.97 Å². The molecule has 0 saturated carbocycles. The van der Waals surface area contributed by atoms with E-state index in [1.54, 1.807) is 48.5 Å². The van der Waals surface area contributed by atoms with Gasteiger partial charge < -0.3 is 9.47 Å². The van der Waals surface area contributed by atoms with Crippen molar-refractivity contribution in [3.8, 4) is 5.75 Å². The Kier molecular flexibility index (Phi) is 4.63. The number of methoxy groups -OCH3 is 2. The number of esters is 1. The summed E-state index contributed by atoms with van der Waals surface area (Å²) in [6.07, 6.45) is 0. The molecular weight excluding hydrogens is 398 g/mol. The van der Waals surface area contributed by atoms with Crippen molar-refractivity contribution in [2.75, 3.05) is 24.1 Å². The Balaban J connectivity index is 1.84. The summed E-state index contributed by atoms with van der Waals surface area (Å²) >= 11 is 5.95. The number of hydrogen-bond acceptors (Lipinski definition) is 7. The Hall–Kier alpha value is -3.52. The van der Waals surface area contributed by atoms with Crippen molar-refractivity contribution in [3.63, 3.8) is 0 Å². The highest BCUT2D eigenvalue weighted by Crippen LogP contribution is 2.39. The lowest BCUT2D eigenvalue weighted by Gasteiger charge is -2.26. The van der Waals surface area contributed by atoms with E-state index in [-0.39, 0.29) is 11.3 Å². The molecule has 2 aliphatic rings. The van der Waals surface area contributed by atoms with Crippen LogP contribution in [0.2, 0.25) is 5.02 Å². The van der Waals surface area contributed by atoms with Crippen molar-refractivity contribution < 1.29 is 23.9 Å². The molecule has 148 valence electrons. The van der Waals surface area contributed by atoms with Crippen LogP contribution in [0.3, 0.4) is 0 Å². The summed E-state index contributed by atoms with van der Waals surface area (Å²) in [6, 6.07) is 12.3. The third kappa shape index (κ3) is 2.89. The first-order valence-electron chi connectivity index (χ1n) is 8.63. The van der Waals surface area contributed by atoms with Crippen LogP contribution in [-0.4, -0.2) is 38.0 Å². The average molecular weight is 414 g/mol. The van der Waals surface area contributed by atoms with E-state index in [1.807, 2.05) is 0 Å². The highest BCUT2D eigenvalue weighted by molar-refractivity contribution is 6.34. The van der Waals surface area contributed by atoms with Gasteiger partial charge in [-0.05, 0) is 36.4 Å². The van der Waals surface area contributed by atoms with Gasteiger partial charge in [0.15, 0.2) is 11.7 Å². The first-order valence-corrected chi connectivity index (χ1v) is 9.01. The van der Waals surface area contributed by atoms with Crippen molar-refractivity contribution in [2.24, 2.45) is 0 Å². The van der Waals surface area contributed by atoms with Gasteiger partial charge in [0.25, 0.3) is 11.8 Å². The summed E-state index contributed by atoms with van der Waals surface area (Å²) in [6.45, 7) is 0. The van der Waals surface area contributed by atoms with Crippen LogP contribution in [0, 0.1) is 0 Å². The SMILES string of the molecule is COC(=O)C1=C2C(=O)N(c3ccccc3OC)C(=O)[C@@H]2N(c2ccc(Cl)cc2)N1. The minimum absolute atomic E-state index is 0.0164. The van der Waals surface area contributed by atoms with Gasteiger partial charge in [-0.3, -0.25) is 20.0 Å². The summed E-state index contributed by atoms with van der Waals surface area (Å²) in [4.78, 5) is 39.9. The van der Waals surface area contributed by atoms with Crippen molar-refractivity contribution in [2.45, 2.75) is 6.04 Å². The molecule has 8 nitrogen and oxygen atoms in total. The second kappa shape index (κ2) is 7.14. The lowest BCUT2D eigenvalue weighted by molar-refractivity contribution is -0.136. The summed E-state index contributed by atoms with van der Waals surface area (Å²) in [5, 5.41) is 1.96. The van der Waals surface area contributed by atoms with E-state index in [9.17, 15) is 14.4 Å². The lowest BCUT2D eigenvalue weighted by atomic mass is 10.1. The van der Waals surface area contributed by atoms with Gasteiger partial charge in [-0.1, -0.05) is 23.7 Å². The van der Waals surface area contributed by atoms with Crippen molar-refractivity contribution in [1.29, 1.82) is 0 Å². The third-order valence-electron chi connectivity index (χ3n) is 4.74. The van der Waals surface area contributed by atoms with Gasteiger partial charge in [0, 0.05) is 5.02 Å². The molecular formula is C20H16ClN3O5. The van der Waals surface area contributed by atoms with Gasteiger partial charge in [0.2, 0.25) is 0 Å². The smallest absolute Gasteiger partial charge is 0.356 e. The van der Waals surface area contributed by atoms with E-state index < -0.39 is 23.8 Å². The molecule has 2 aromatic carbocycles. The van der Waals surface area contributed by atoms with E-state index >= 15 is 0 Å². The topological polar surface area (TPSA) is 88.2 Å². The zero-order chi connectivity index (χ0) is 20.7. The molecule has 2 amide bonds. The number of hydrogen-bond donors (Lipinski definition) is 1. The predicted octanol–water partition coefficient (Wildman–Crippen LogP) is 2.04. The van der Waals surface area contributed by atoms with Gasteiger partial charge in [0.05, 0.1) is 31.2 Å².